The minimum atomic E-state index is 0.590. The molecule has 0 saturated heterocycles. The molecule has 0 atom stereocenters. The molecule has 0 spiro atoms. The highest BCUT2D eigenvalue weighted by Gasteiger charge is 2.36. The lowest BCUT2D eigenvalue weighted by atomic mass is 9.99. The van der Waals surface area contributed by atoms with Crippen LogP contribution in [-0.4, -0.2) is 37.6 Å². The lowest BCUT2D eigenvalue weighted by Gasteiger charge is -2.27. The molecule has 0 aliphatic heterocycles. The zero-order chi connectivity index (χ0) is 58.0. The predicted octanol–water partition coefficient (Wildman–Crippen LogP) is 20.4. The summed E-state index contributed by atoms with van der Waals surface area (Å²) in [7, 11) is 0. The van der Waals surface area contributed by atoms with Crippen molar-refractivity contribution in [1.82, 2.24) is 37.6 Å². The molecule has 0 aliphatic rings. The van der Waals surface area contributed by atoms with Gasteiger partial charge < -0.3 is 22.7 Å². The molecule has 89 heavy (non-hydrogen) atoms. The first kappa shape index (κ1) is 48.1. The Kier molecular flexibility index (Phi) is 9.84. The molecule has 7 heterocycles. The topological polar surface area (TPSA) is 62.8 Å². The van der Waals surface area contributed by atoms with Crippen LogP contribution in [-0.2, 0) is 0 Å². The van der Waals surface area contributed by atoms with E-state index in [9.17, 15) is 0 Å². The Balaban J connectivity index is 1.13. The van der Waals surface area contributed by atoms with E-state index in [1.165, 1.54) is 43.1 Å². The first-order chi connectivity index (χ1) is 44.2. The first-order valence-corrected chi connectivity index (χ1v) is 30.4. The van der Waals surface area contributed by atoms with Gasteiger partial charge in [0.15, 0.2) is 17.5 Å². The lowest BCUT2D eigenvalue weighted by molar-refractivity contribution is 1.03. The molecule has 0 bridgehead atoms. The molecule has 8 nitrogen and oxygen atoms in total. The number of rotatable bonds is 7. The first-order valence-electron chi connectivity index (χ1n) is 30.4. The standard InChI is InChI=1S/C81H48N8/c1-3-25-49(26-4-1)79-82-80(50-27-5-2-6-28-50)84-81(83-79)51-47-61-60-37-15-24-46-71(60)89-73(61)62(48-51)72-74(85-63-38-16-7-29-52(63)53-30-8-17-39-64(53)85)76(86-65-40-18-9-31-54(65)55-32-10-19-41-66(55)86)78(88-69-44-22-13-35-58(69)59-36-14-23-45-70(59)88)77(75(72)89)87-67-42-20-11-33-56(67)57-34-12-21-43-68(57)87/h1-48H. The fourth-order valence-corrected chi connectivity index (χ4v) is 15.3. The Morgan fingerprint density at radius 3 is 0.809 bits per heavy atom. The van der Waals surface area contributed by atoms with Gasteiger partial charge in [-0.3, -0.25) is 0 Å². The van der Waals surface area contributed by atoms with Crippen LogP contribution in [0.25, 0.3) is 182 Å². The van der Waals surface area contributed by atoms with E-state index in [0.29, 0.717) is 17.5 Å². The average Bonchev–Trinajstić information content (AvgIpc) is 1.52. The zero-order valence-electron chi connectivity index (χ0n) is 47.8. The van der Waals surface area contributed by atoms with Gasteiger partial charge in [-0.05, 0) is 66.7 Å². The average molecular weight is 1130 g/mol. The Morgan fingerprint density at radius 1 is 0.191 bits per heavy atom. The summed E-state index contributed by atoms with van der Waals surface area (Å²) < 4.78 is 13.0. The van der Waals surface area contributed by atoms with Gasteiger partial charge >= 0.3 is 0 Å². The van der Waals surface area contributed by atoms with Crippen LogP contribution in [0.3, 0.4) is 0 Å². The van der Waals surface area contributed by atoms with Gasteiger partial charge in [-0.25, -0.2) is 15.0 Å². The van der Waals surface area contributed by atoms with E-state index in [4.69, 9.17) is 15.0 Å². The fourth-order valence-electron chi connectivity index (χ4n) is 15.3. The number of hydrogen-bond acceptors (Lipinski definition) is 3. The third-order valence-electron chi connectivity index (χ3n) is 18.8. The van der Waals surface area contributed by atoms with E-state index in [2.05, 4.69) is 277 Å². The third kappa shape index (κ3) is 6.58. The van der Waals surface area contributed by atoms with Gasteiger partial charge in [0.25, 0.3) is 0 Å². The van der Waals surface area contributed by atoms with Crippen molar-refractivity contribution in [3.63, 3.8) is 0 Å². The molecule has 7 aromatic heterocycles. The van der Waals surface area contributed by atoms with Gasteiger partial charge in [0.1, 0.15) is 0 Å². The number of hydrogen-bond donors (Lipinski definition) is 0. The van der Waals surface area contributed by atoms with Crippen LogP contribution in [0.2, 0.25) is 0 Å². The Labute approximate surface area is 508 Å². The SMILES string of the molecule is c1ccc(-c2nc(-c3ccccc3)nc(-c3cc4c5ccccc5n5c6c(-n7c8ccccc8c8ccccc87)c(-n7c8ccccc8c8ccccc87)c(-n7c8ccccc8c8ccccc87)c(-n7c8ccccc8c8ccccc87)c6c(c3)c45)n2)cc1. The van der Waals surface area contributed by atoms with Gasteiger partial charge in [0.05, 0.1) is 83.4 Å². The predicted molar refractivity (Wildman–Crippen MR) is 368 cm³/mol. The zero-order valence-corrected chi connectivity index (χ0v) is 47.8. The monoisotopic (exact) mass is 1130 g/mol. The van der Waals surface area contributed by atoms with Crippen molar-refractivity contribution in [2.24, 2.45) is 0 Å². The summed E-state index contributed by atoms with van der Waals surface area (Å²) in [6, 6.07) is 106. The van der Waals surface area contributed by atoms with Crippen molar-refractivity contribution in [2.75, 3.05) is 0 Å². The molecule has 8 heteroatoms. The lowest BCUT2D eigenvalue weighted by Crippen LogP contribution is -2.14. The highest BCUT2D eigenvalue weighted by Crippen LogP contribution is 2.54. The molecule has 0 N–H and O–H groups in total. The number of aromatic nitrogens is 8. The maximum atomic E-state index is 5.49. The van der Waals surface area contributed by atoms with E-state index in [1.807, 2.05) is 36.4 Å². The van der Waals surface area contributed by atoms with Crippen molar-refractivity contribution in [2.45, 2.75) is 0 Å². The number of para-hydroxylation sites is 9. The molecule has 0 aliphatic carbocycles. The highest BCUT2D eigenvalue weighted by atomic mass is 15.2. The molecule has 13 aromatic carbocycles. The van der Waals surface area contributed by atoms with Crippen molar-refractivity contribution >= 4 is 125 Å². The quantitative estimate of drug-likeness (QED) is 0.160. The van der Waals surface area contributed by atoms with Crippen molar-refractivity contribution in [3.8, 4) is 56.9 Å². The molecule has 0 amide bonds. The highest BCUT2D eigenvalue weighted by molar-refractivity contribution is 6.31. The van der Waals surface area contributed by atoms with E-state index < -0.39 is 0 Å². The fraction of sp³-hybridized carbons (Fsp3) is 0. The molecule has 0 radical (unpaired) electrons. The summed E-state index contributed by atoms with van der Waals surface area (Å²) in [4.78, 5) is 16.2. The summed E-state index contributed by atoms with van der Waals surface area (Å²) >= 11 is 0. The van der Waals surface area contributed by atoms with E-state index in [-0.39, 0.29) is 0 Å². The van der Waals surface area contributed by atoms with Crippen molar-refractivity contribution in [1.29, 1.82) is 0 Å². The summed E-state index contributed by atoms with van der Waals surface area (Å²) in [5, 5.41) is 13.8. The molecule has 20 aromatic rings. The second-order valence-electron chi connectivity index (χ2n) is 23.4. The van der Waals surface area contributed by atoms with Crippen LogP contribution in [0.1, 0.15) is 0 Å². The van der Waals surface area contributed by atoms with E-state index in [0.717, 1.165) is 122 Å². The van der Waals surface area contributed by atoms with Gasteiger partial charge in [-0.1, -0.05) is 224 Å². The normalized spacial score (nSPS) is 12.3. The minimum absolute atomic E-state index is 0.590. The Hall–Kier alpha value is -12.1. The molecular formula is C81H48N8. The molecule has 0 fully saturated rings. The summed E-state index contributed by atoms with van der Waals surface area (Å²) in [5.41, 5.74) is 18.9. The molecule has 20 rings (SSSR count). The molecule has 412 valence electrons. The van der Waals surface area contributed by atoms with Gasteiger partial charge in [0, 0.05) is 81.3 Å². The maximum Gasteiger partial charge on any atom is 0.164 e. The maximum absolute atomic E-state index is 5.49. The minimum Gasteiger partial charge on any atom is -0.306 e. The Bertz CT molecular complexity index is 6080. The number of nitrogens with zero attached hydrogens (tertiary/aromatic N) is 8. The second kappa shape index (κ2) is 18.2. The van der Waals surface area contributed by atoms with E-state index >= 15 is 0 Å². The molecule has 0 unspecified atom stereocenters. The number of benzene rings is 13. The molecule has 0 saturated carbocycles. The molecular weight excluding hydrogens is 1080 g/mol. The third-order valence-corrected chi connectivity index (χ3v) is 18.8. The largest absolute Gasteiger partial charge is 0.306 e. The second-order valence-corrected chi connectivity index (χ2v) is 23.4. The summed E-state index contributed by atoms with van der Waals surface area (Å²) in [6.07, 6.45) is 0. The van der Waals surface area contributed by atoms with Crippen molar-refractivity contribution < 1.29 is 0 Å². The van der Waals surface area contributed by atoms with E-state index in [1.54, 1.807) is 0 Å². The van der Waals surface area contributed by atoms with Crippen LogP contribution in [0.15, 0.2) is 291 Å². The number of fused-ring (bicyclic) bond motifs is 18. The Morgan fingerprint density at radius 2 is 0.449 bits per heavy atom. The van der Waals surface area contributed by atoms with Gasteiger partial charge in [-0.2, -0.15) is 0 Å². The van der Waals surface area contributed by atoms with Crippen LogP contribution >= 0.6 is 0 Å². The van der Waals surface area contributed by atoms with Gasteiger partial charge in [0.2, 0.25) is 0 Å². The van der Waals surface area contributed by atoms with Crippen LogP contribution in [0.4, 0.5) is 0 Å². The smallest absolute Gasteiger partial charge is 0.164 e. The van der Waals surface area contributed by atoms with Gasteiger partial charge in [-0.15, -0.1) is 0 Å². The van der Waals surface area contributed by atoms with Crippen LogP contribution < -0.4 is 0 Å². The summed E-state index contributed by atoms with van der Waals surface area (Å²) in [5.74, 6) is 1.81. The van der Waals surface area contributed by atoms with Crippen LogP contribution in [0.5, 0.6) is 0 Å². The summed E-state index contributed by atoms with van der Waals surface area (Å²) in [6.45, 7) is 0. The van der Waals surface area contributed by atoms with Crippen molar-refractivity contribution in [3.05, 3.63) is 291 Å². The van der Waals surface area contributed by atoms with Crippen LogP contribution in [0, 0.1) is 0 Å².